The van der Waals surface area contributed by atoms with Crippen molar-refractivity contribution < 1.29 is 4.74 Å². The summed E-state index contributed by atoms with van der Waals surface area (Å²) in [6.45, 7) is 4.84. The lowest BCUT2D eigenvalue weighted by atomic mass is 10.1. The number of fused-ring (bicyclic) bond motifs is 1. The largest absolute Gasteiger partial charge is 0.382 e. The summed E-state index contributed by atoms with van der Waals surface area (Å²) in [5, 5.41) is 0. The van der Waals surface area contributed by atoms with Gasteiger partial charge in [-0.2, -0.15) is 0 Å². The van der Waals surface area contributed by atoms with Crippen LogP contribution in [-0.4, -0.2) is 23.3 Å². The first-order chi connectivity index (χ1) is 7.95. The predicted octanol–water partition coefficient (Wildman–Crippen LogP) is 3.84. The third-order valence-corrected chi connectivity index (χ3v) is 3.53. The molecule has 0 atom stereocenters. The Labute approximate surface area is 114 Å². The molecule has 2 rings (SSSR count). The highest BCUT2D eigenvalue weighted by atomic mass is 79.9. The number of halogens is 1. The zero-order chi connectivity index (χ0) is 12.6. The maximum Gasteiger partial charge on any atom is 0.178 e. The fraction of sp³-hybridized carbons (Fsp3) is 0.417. The summed E-state index contributed by atoms with van der Waals surface area (Å²) in [4.78, 5) is 3.22. The van der Waals surface area contributed by atoms with E-state index in [0.717, 1.165) is 20.3 Å². The van der Waals surface area contributed by atoms with Gasteiger partial charge in [0.25, 0.3) is 0 Å². The maximum atomic E-state index is 5.40. The van der Waals surface area contributed by atoms with Crippen LogP contribution in [0.15, 0.2) is 22.7 Å². The first kappa shape index (κ1) is 12.8. The molecule has 3 nitrogen and oxygen atoms in total. The van der Waals surface area contributed by atoms with E-state index < -0.39 is 0 Å². The summed E-state index contributed by atoms with van der Waals surface area (Å²) in [6.07, 6.45) is 0. The molecule has 0 aliphatic carbocycles. The van der Waals surface area contributed by atoms with Gasteiger partial charge in [-0.05, 0) is 44.3 Å². The van der Waals surface area contributed by atoms with E-state index in [1.54, 1.807) is 7.11 Å². The molecule has 5 heteroatoms. The van der Waals surface area contributed by atoms with Crippen molar-refractivity contribution in [3.63, 3.8) is 0 Å². The highest BCUT2D eigenvalue weighted by Crippen LogP contribution is 2.26. The molecule has 0 saturated carbocycles. The van der Waals surface area contributed by atoms with Crippen molar-refractivity contribution in [2.75, 3.05) is 13.7 Å². The van der Waals surface area contributed by atoms with Crippen LogP contribution in [0.2, 0.25) is 0 Å². The van der Waals surface area contributed by atoms with E-state index >= 15 is 0 Å². The van der Waals surface area contributed by atoms with Crippen LogP contribution in [0.5, 0.6) is 0 Å². The van der Waals surface area contributed by atoms with Gasteiger partial charge in [0.05, 0.1) is 23.2 Å². The lowest BCUT2D eigenvalue weighted by Crippen LogP contribution is -2.31. The molecule has 1 aromatic carbocycles. The Kier molecular flexibility index (Phi) is 3.43. The Bertz CT molecular complexity index is 600. The van der Waals surface area contributed by atoms with Crippen LogP contribution < -0.4 is 0 Å². The molecule has 0 bridgehead atoms. The van der Waals surface area contributed by atoms with E-state index in [0.29, 0.717) is 6.61 Å². The minimum Gasteiger partial charge on any atom is -0.382 e. The smallest absolute Gasteiger partial charge is 0.178 e. The van der Waals surface area contributed by atoms with Crippen LogP contribution in [0.1, 0.15) is 13.8 Å². The molecule has 0 fully saturated rings. The predicted molar refractivity (Wildman–Crippen MR) is 76.0 cm³/mol. The first-order valence-electron chi connectivity index (χ1n) is 5.35. The van der Waals surface area contributed by atoms with Crippen LogP contribution in [0.25, 0.3) is 11.0 Å². The van der Waals surface area contributed by atoms with Crippen molar-refractivity contribution in [3.05, 3.63) is 27.4 Å². The lowest BCUT2D eigenvalue weighted by molar-refractivity contribution is 0.111. The van der Waals surface area contributed by atoms with Gasteiger partial charge in [-0.15, -0.1) is 0 Å². The van der Waals surface area contributed by atoms with Gasteiger partial charge in [-0.3, -0.25) is 0 Å². The maximum absolute atomic E-state index is 5.40. The van der Waals surface area contributed by atoms with E-state index in [-0.39, 0.29) is 5.54 Å². The zero-order valence-electron chi connectivity index (χ0n) is 10.1. The quantitative estimate of drug-likeness (QED) is 0.872. The Morgan fingerprint density at radius 1 is 1.47 bits per heavy atom. The second kappa shape index (κ2) is 4.55. The number of hydrogen-bond acceptors (Lipinski definition) is 2. The van der Waals surface area contributed by atoms with Crippen molar-refractivity contribution in [1.82, 2.24) is 9.55 Å². The molecule has 0 aliphatic rings. The van der Waals surface area contributed by atoms with Gasteiger partial charge in [-0.25, -0.2) is 0 Å². The molecule has 0 saturated heterocycles. The summed E-state index contributed by atoms with van der Waals surface area (Å²) in [7, 11) is 1.70. The molecular weight excluding hydrogens is 300 g/mol. The molecule has 1 N–H and O–H groups in total. The number of hydrogen-bond donors (Lipinski definition) is 1. The molecule has 0 radical (unpaired) electrons. The summed E-state index contributed by atoms with van der Waals surface area (Å²) in [5.74, 6) is 0. The normalized spacial score (nSPS) is 12.2. The summed E-state index contributed by atoms with van der Waals surface area (Å²) in [5.41, 5.74) is 1.96. The van der Waals surface area contributed by atoms with Crippen LogP contribution in [0, 0.1) is 4.77 Å². The molecule has 0 unspecified atom stereocenters. The lowest BCUT2D eigenvalue weighted by Gasteiger charge is -2.26. The van der Waals surface area contributed by atoms with Crippen LogP contribution in [0.3, 0.4) is 0 Å². The number of nitrogens with one attached hydrogen (secondary N) is 1. The highest BCUT2D eigenvalue weighted by molar-refractivity contribution is 9.10. The van der Waals surface area contributed by atoms with Gasteiger partial charge < -0.3 is 14.3 Å². The van der Waals surface area contributed by atoms with E-state index in [1.165, 1.54) is 0 Å². The van der Waals surface area contributed by atoms with Crippen molar-refractivity contribution in [2.24, 2.45) is 0 Å². The SMILES string of the molecule is COCC(C)(C)n1c(=S)[nH]c2ccc(Br)cc21. The number of ether oxygens (including phenoxy) is 1. The summed E-state index contributed by atoms with van der Waals surface area (Å²) < 4.78 is 9.14. The van der Waals surface area contributed by atoms with E-state index in [1.807, 2.05) is 12.1 Å². The monoisotopic (exact) mass is 314 g/mol. The Morgan fingerprint density at radius 2 is 2.18 bits per heavy atom. The van der Waals surface area contributed by atoms with Crippen molar-refractivity contribution in [2.45, 2.75) is 19.4 Å². The van der Waals surface area contributed by atoms with Crippen LogP contribution in [0.4, 0.5) is 0 Å². The second-order valence-electron chi connectivity index (χ2n) is 4.67. The van der Waals surface area contributed by atoms with Gasteiger partial charge in [0.2, 0.25) is 0 Å². The number of aromatic amines is 1. The minimum absolute atomic E-state index is 0.176. The highest BCUT2D eigenvalue weighted by Gasteiger charge is 2.23. The number of methoxy groups -OCH3 is 1. The molecule has 1 aromatic heterocycles. The molecule has 0 aliphatic heterocycles. The van der Waals surface area contributed by atoms with Gasteiger partial charge in [0.15, 0.2) is 4.77 Å². The number of rotatable bonds is 3. The van der Waals surface area contributed by atoms with Crippen molar-refractivity contribution in [1.29, 1.82) is 0 Å². The van der Waals surface area contributed by atoms with Crippen LogP contribution in [-0.2, 0) is 10.3 Å². The Morgan fingerprint density at radius 3 is 2.82 bits per heavy atom. The number of nitrogens with zero attached hydrogens (tertiary/aromatic N) is 1. The first-order valence-corrected chi connectivity index (χ1v) is 6.55. The number of aromatic nitrogens is 2. The van der Waals surface area contributed by atoms with Crippen LogP contribution >= 0.6 is 28.1 Å². The zero-order valence-corrected chi connectivity index (χ0v) is 12.5. The number of benzene rings is 1. The van der Waals surface area contributed by atoms with E-state index in [2.05, 4.69) is 45.4 Å². The van der Waals surface area contributed by atoms with Crippen molar-refractivity contribution in [3.8, 4) is 0 Å². The standard InChI is InChI=1S/C12H15BrN2OS/c1-12(2,7-16-3)15-10-6-8(13)4-5-9(10)14-11(15)17/h4-6H,7H2,1-3H3,(H,14,17). The summed E-state index contributed by atoms with van der Waals surface area (Å²) in [6, 6.07) is 6.09. The fourth-order valence-corrected chi connectivity index (χ4v) is 2.90. The average Bonchev–Trinajstić information content (AvgIpc) is 2.53. The molecule has 17 heavy (non-hydrogen) atoms. The molecular formula is C12H15BrN2OS. The van der Waals surface area contributed by atoms with Gasteiger partial charge >= 0.3 is 0 Å². The Balaban J connectivity index is 2.72. The van der Waals surface area contributed by atoms with E-state index in [9.17, 15) is 0 Å². The number of imidazole rings is 1. The molecule has 92 valence electrons. The summed E-state index contributed by atoms with van der Waals surface area (Å²) >= 11 is 8.88. The molecule has 1 heterocycles. The average molecular weight is 315 g/mol. The second-order valence-corrected chi connectivity index (χ2v) is 5.97. The Hall–Kier alpha value is -0.650. The van der Waals surface area contributed by atoms with Gasteiger partial charge in [0.1, 0.15) is 0 Å². The topological polar surface area (TPSA) is 29.9 Å². The minimum atomic E-state index is -0.176. The number of H-pyrrole nitrogens is 1. The van der Waals surface area contributed by atoms with E-state index in [4.69, 9.17) is 17.0 Å². The van der Waals surface area contributed by atoms with Crippen molar-refractivity contribution >= 4 is 39.2 Å². The molecule has 0 spiro atoms. The third kappa shape index (κ3) is 2.32. The van der Waals surface area contributed by atoms with Gasteiger partial charge in [0, 0.05) is 11.6 Å². The molecule has 0 amide bonds. The van der Waals surface area contributed by atoms with Gasteiger partial charge in [-0.1, -0.05) is 15.9 Å². The third-order valence-electron chi connectivity index (χ3n) is 2.75. The fourth-order valence-electron chi connectivity index (χ4n) is 2.09. The molecule has 2 aromatic rings.